The molecular formula is C20H34N4O. The quantitative estimate of drug-likeness (QED) is 0.589. The van der Waals surface area contributed by atoms with E-state index in [2.05, 4.69) is 39.6 Å². The highest BCUT2D eigenvalue weighted by molar-refractivity contribution is 5.79. The van der Waals surface area contributed by atoms with Gasteiger partial charge in [-0.2, -0.15) is 0 Å². The molecule has 1 saturated heterocycles. The van der Waals surface area contributed by atoms with E-state index in [1.165, 1.54) is 44.5 Å². The Morgan fingerprint density at radius 3 is 2.48 bits per heavy atom. The van der Waals surface area contributed by atoms with Gasteiger partial charge in [0.25, 0.3) is 0 Å². The molecule has 25 heavy (non-hydrogen) atoms. The molecule has 0 aromatic heterocycles. The molecule has 5 heteroatoms. The van der Waals surface area contributed by atoms with Crippen LogP contribution in [0.15, 0.2) is 29.3 Å². The van der Waals surface area contributed by atoms with Gasteiger partial charge in [-0.25, -0.2) is 0 Å². The zero-order valence-electron chi connectivity index (χ0n) is 16.2. The summed E-state index contributed by atoms with van der Waals surface area (Å²) in [6, 6.07) is 8.76. The molecule has 2 rings (SSSR count). The molecule has 5 nitrogen and oxygen atoms in total. The lowest BCUT2D eigenvalue weighted by Gasteiger charge is -2.32. The first-order valence-electron chi connectivity index (χ1n) is 9.55. The van der Waals surface area contributed by atoms with E-state index in [9.17, 15) is 0 Å². The molecule has 0 spiro atoms. The largest absolute Gasteiger partial charge is 0.491 e. The van der Waals surface area contributed by atoms with Gasteiger partial charge in [-0.15, -0.1) is 0 Å². The van der Waals surface area contributed by atoms with Crippen molar-refractivity contribution in [3.63, 3.8) is 0 Å². The van der Waals surface area contributed by atoms with Crippen LogP contribution >= 0.6 is 0 Å². The average molecular weight is 347 g/mol. The number of nitrogens with zero attached hydrogens (tertiary/aromatic N) is 2. The fraction of sp³-hybridized carbons (Fsp3) is 0.650. The van der Waals surface area contributed by atoms with Gasteiger partial charge in [-0.05, 0) is 57.4 Å². The Morgan fingerprint density at radius 1 is 1.24 bits per heavy atom. The second-order valence-electron chi connectivity index (χ2n) is 7.00. The van der Waals surface area contributed by atoms with E-state index in [0.717, 1.165) is 18.3 Å². The van der Waals surface area contributed by atoms with Gasteiger partial charge in [0.1, 0.15) is 5.75 Å². The third-order valence-electron chi connectivity index (χ3n) is 4.45. The molecule has 1 fully saturated rings. The van der Waals surface area contributed by atoms with Crippen molar-refractivity contribution in [1.82, 2.24) is 15.5 Å². The molecule has 0 saturated carbocycles. The molecule has 2 N–H and O–H groups in total. The van der Waals surface area contributed by atoms with Crippen molar-refractivity contribution in [2.24, 2.45) is 4.99 Å². The fourth-order valence-electron chi connectivity index (χ4n) is 3.15. The first kappa shape index (κ1) is 19.6. The molecule has 0 bridgehead atoms. The number of piperidine rings is 1. The maximum absolute atomic E-state index is 5.68. The minimum atomic E-state index is 0.204. The van der Waals surface area contributed by atoms with Crippen LogP contribution in [0.25, 0.3) is 0 Å². The summed E-state index contributed by atoms with van der Waals surface area (Å²) in [6.45, 7) is 10.7. The number of rotatable bonds is 7. The van der Waals surface area contributed by atoms with E-state index in [0.29, 0.717) is 6.04 Å². The zero-order chi connectivity index (χ0) is 18.1. The van der Waals surface area contributed by atoms with Crippen LogP contribution in [0, 0.1) is 0 Å². The van der Waals surface area contributed by atoms with Crippen LogP contribution in [0.1, 0.15) is 45.6 Å². The van der Waals surface area contributed by atoms with Crippen molar-refractivity contribution < 1.29 is 4.74 Å². The first-order valence-corrected chi connectivity index (χ1v) is 9.55. The summed E-state index contributed by atoms with van der Waals surface area (Å²) >= 11 is 0. The molecule has 1 aliphatic rings. The summed E-state index contributed by atoms with van der Waals surface area (Å²) < 4.78 is 5.68. The fourth-order valence-corrected chi connectivity index (χ4v) is 3.15. The first-order chi connectivity index (χ1) is 12.1. The van der Waals surface area contributed by atoms with Crippen molar-refractivity contribution in [3.05, 3.63) is 29.8 Å². The van der Waals surface area contributed by atoms with E-state index in [4.69, 9.17) is 4.74 Å². The summed E-state index contributed by atoms with van der Waals surface area (Å²) in [7, 11) is 1.83. The van der Waals surface area contributed by atoms with Crippen LogP contribution in [0.3, 0.4) is 0 Å². The highest BCUT2D eigenvalue weighted by Crippen LogP contribution is 2.14. The van der Waals surface area contributed by atoms with E-state index in [-0.39, 0.29) is 6.10 Å². The SMILES string of the molecule is CCCN1CCC(NC(=NC)NCc2ccc(OC(C)C)cc2)CC1. The van der Waals surface area contributed by atoms with Crippen LogP contribution in [0.5, 0.6) is 5.75 Å². The smallest absolute Gasteiger partial charge is 0.191 e. The van der Waals surface area contributed by atoms with Crippen molar-refractivity contribution in [1.29, 1.82) is 0 Å². The second-order valence-corrected chi connectivity index (χ2v) is 7.00. The Balaban J connectivity index is 1.75. The standard InChI is InChI=1S/C20H34N4O/c1-5-12-24-13-10-18(11-14-24)23-20(21-4)22-15-17-6-8-19(9-7-17)25-16(2)3/h6-9,16,18H,5,10-15H2,1-4H3,(H2,21,22,23). The Hall–Kier alpha value is -1.75. The Bertz CT molecular complexity index is 519. The highest BCUT2D eigenvalue weighted by atomic mass is 16.5. The average Bonchev–Trinajstić information content (AvgIpc) is 2.61. The second kappa shape index (κ2) is 10.3. The van der Waals surface area contributed by atoms with E-state index in [1.807, 2.05) is 33.0 Å². The van der Waals surface area contributed by atoms with Crippen LogP contribution < -0.4 is 15.4 Å². The van der Waals surface area contributed by atoms with E-state index >= 15 is 0 Å². The van der Waals surface area contributed by atoms with Gasteiger partial charge >= 0.3 is 0 Å². The number of ether oxygens (including phenoxy) is 1. The van der Waals surface area contributed by atoms with Crippen molar-refractivity contribution in [2.75, 3.05) is 26.7 Å². The molecule has 1 aromatic carbocycles. The maximum Gasteiger partial charge on any atom is 0.191 e. The molecular weight excluding hydrogens is 312 g/mol. The summed E-state index contributed by atoms with van der Waals surface area (Å²) in [6.07, 6.45) is 3.81. The minimum absolute atomic E-state index is 0.204. The zero-order valence-corrected chi connectivity index (χ0v) is 16.2. The van der Waals surface area contributed by atoms with E-state index in [1.54, 1.807) is 0 Å². The Morgan fingerprint density at radius 2 is 1.92 bits per heavy atom. The summed E-state index contributed by atoms with van der Waals surface area (Å²) in [4.78, 5) is 6.92. The van der Waals surface area contributed by atoms with Crippen LogP contribution in [-0.2, 0) is 6.54 Å². The minimum Gasteiger partial charge on any atom is -0.491 e. The third kappa shape index (κ3) is 6.94. The number of benzene rings is 1. The van der Waals surface area contributed by atoms with Gasteiger partial charge in [0.2, 0.25) is 0 Å². The molecule has 140 valence electrons. The lowest BCUT2D eigenvalue weighted by atomic mass is 10.1. The lowest BCUT2D eigenvalue weighted by Crippen LogP contribution is -2.48. The van der Waals surface area contributed by atoms with Crippen LogP contribution in [0.4, 0.5) is 0 Å². The predicted molar refractivity (Wildman–Crippen MR) is 105 cm³/mol. The maximum atomic E-state index is 5.68. The Kier molecular flexibility index (Phi) is 8.06. The molecule has 0 aliphatic carbocycles. The highest BCUT2D eigenvalue weighted by Gasteiger charge is 2.19. The molecule has 0 unspecified atom stereocenters. The summed E-state index contributed by atoms with van der Waals surface area (Å²) in [5, 5.41) is 6.98. The number of likely N-dealkylation sites (tertiary alicyclic amines) is 1. The van der Waals surface area contributed by atoms with Crippen molar-refractivity contribution in [2.45, 2.75) is 58.7 Å². The molecule has 0 atom stereocenters. The number of hydrogen-bond acceptors (Lipinski definition) is 3. The van der Waals surface area contributed by atoms with Gasteiger partial charge in [0.05, 0.1) is 6.10 Å². The summed E-state index contributed by atoms with van der Waals surface area (Å²) in [5.74, 6) is 1.80. The molecule has 1 aromatic rings. The monoisotopic (exact) mass is 346 g/mol. The van der Waals surface area contributed by atoms with E-state index < -0.39 is 0 Å². The molecule has 0 amide bonds. The molecule has 1 aliphatic heterocycles. The number of aliphatic imine (C=N–C) groups is 1. The van der Waals surface area contributed by atoms with Crippen molar-refractivity contribution >= 4 is 5.96 Å². The van der Waals surface area contributed by atoms with Gasteiger partial charge in [0, 0.05) is 32.7 Å². The van der Waals surface area contributed by atoms with Crippen LogP contribution in [0.2, 0.25) is 0 Å². The number of nitrogens with one attached hydrogen (secondary N) is 2. The number of hydrogen-bond donors (Lipinski definition) is 2. The summed E-state index contributed by atoms with van der Waals surface area (Å²) in [5.41, 5.74) is 1.22. The lowest BCUT2D eigenvalue weighted by molar-refractivity contribution is 0.206. The number of guanidine groups is 1. The van der Waals surface area contributed by atoms with Crippen molar-refractivity contribution in [3.8, 4) is 5.75 Å². The third-order valence-corrected chi connectivity index (χ3v) is 4.45. The topological polar surface area (TPSA) is 48.9 Å². The predicted octanol–water partition coefficient (Wildman–Crippen LogP) is 3.01. The normalized spacial score (nSPS) is 16.9. The molecule has 0 radical (unpaired) electrons. The van der Waals surface area contributed by atoms with Gasteiger partial charge in [-0.3, -0.25) is 4.99 Å². The molecule has 1 heterocycles. The van der Waals surface area contributed by atoms with Crippen LogP contribution in [-0.4, -0.2) is 49.7 Å². The van der Waals surface area contributed by atoms with Gasteiger partial charge in [0.15, 0.2) is 5.96 Å². The van der Waals surface area contributed by atoms with Gasteiger partial charge in [-0.1, -0.05) is 19.1 Å². The Labute approximate surface area is 152 Å². The van der Waals surface area contributed by atoms with Gasteiger partial charge < -0.3 is 20.3 Å².